The molecule has 1 aliphatic rings. The first-order valence-corrected chi connectivity index (χ1v) is 5.22. The average molecular weight is 187 g/mol. The van der Waals surface area contributed by atoms with Crippen LogP contribution in [0.1, 0.15) is 37.1 Å². The average Bonchev–Trinajstić information content (AvgIpc) is 2.75. The van der Waals surface area contributed by atoms with Crippen LogP contribution in [0.3, 0.4) is 0 Å². The Balaban J connectivity index is 2.26. The summed E-state index contributed by atoms with van der Waals surface area (Å²) in [4.78, 5) is 8.86. The van der Waals surface area contributed by atoms with Crippen LogP contribution in [0.5, 0.6) is 0 Å². The molecule has 3 rings (SSSR count). The predicted molar refractivity (Wildman–Crippen MR) is 54.3 cm³/mol. The first-order valence-electron chi connectivity index (χ1n) is 5.22. The highest BCUT2D eigenvalue weighted by molar-refractivity contribution is 5.39. The molecule has 0 radical (unpaired) electrons. The number of aromatic nitrogens is 3. The predicted octanol–water partition coefficient (Wildman–Crippen LogP) is 2.17. The van der Waals surface area contributed by atoms with Crippen molar-refractivity contribution in [2.24, 2.45) is 0 Å². The lowest BCUT2D eigenvalue weighted by Crippen LogP contribution is -1.92. The van der Waals surface area contributed by atoms with E-state index in [0.717, 1.165) is 12.2 Å². The Morgan fingerprint density at radius 3 is 3.36 bits per heavy atom. The fourth-order valence-electron chi connectivity index (χ4n) is 2.37. The molecular weight excluding hydrogens is 174 g/mol. The molecule has 2 heterocycles. The van der Waals surface area contributed by atoms with Crippen molar-refractivity contribution in [2.45, 2.75) is 32.1 Å². The Morgan fingerprint density at radius 1 is 1.57 bits per heavy atom. The van der Waals surface area contributed by atoms with Crippen molar-refractivity contribution in [2.75, 3.05) is 0 Å². The molecule has 0 aromatic carbocycles. The van der Waals surface area contributed by atoms with Gasteiger partial charge in [-0.25, -0.2) is 9.97 Å². The van der Waals surface area contributed by atoms with Gasteiger partial charge in [-0.05, 0) is 25.3 Å². The molecule has 2 aromatic heterocycles. The van der Waals surface area contributed by atoms with Crippen LogP contribution in [0.25, 0.3) is 5.78 Å². The lowest BCUT2D eigenvalue weighted by atomic mass is 10.1. The standard InChI is InChI=1S/C11H13N3/c1-2-8-4-5-9-10(8)13-11-12-6-3-7-14(9)11/h3,6-8H,2,4-5H2,1H3. The molecular formula is C11H13N3. The summed E-state index contributed by atoms with van der Waals surface area (Å²) in [5, 5.41) is 0. The monoisotopic (exact) mass is 187 g/mol. The van der Waals surface area contributed by atoms with Crippen LogP contribution in [0.15, 0.2) is 18.5 Å². The number of nitrogens with zero attached hydrogens (tertiary/aromatic N) is 3. The minimum atomic E-state index is 0.659. The van der Waals surface area contributed by atoms with Gasteiger partial charge in [-0.3, -0.25) is 4.40 Å². The molecule has 0 aliphatic heterocycles. The summed E-state index contributed by atoms with van der Waals surface area (Å²) in [5.74, 6) is 1.52. The molecule has 2 aromatic rings. The van der Waals surface area contributed by atoms with Crippen LogP contribution >= 0.6 is 0 Å². The summed E-state index contributed by atoms with van der Waals surface area (Å²) in [6, 6.07) is 1.97. The van der Waals surface area contributed by atoms with Gasteiger partial charge < -0.3 is 0 Å². The topological polar surface area (TPSA) is 30.2 Å². The SMILES string of the molecule is CCC1CCc2c1nc1ncccn21. The molecule has 0 saturated carbocycles. The largest absolute Gasteiger partial charge is 0.288 e. The first kappa shape index (κ1) is 7.97. The maximum Gasteiger partial charge on any atom is 0.234 e. The van der Waals surface area contributed by atoms with Crippen molar-refractivity contribution in [3.05, 3.63) is 29.8 Å². The molecule has 3 nitrogen and oxygen atoms in total. The second-order valence-electron chi connectivity index (χ2n) is 3.88. The van der Waals surface area contributed by atoms with Crippen molar-refractivity contribution < 1.29 is 0 Å². The molecule has 14 heavy (non-hydrogen) atoms. The number of aryl methyl sites for hydroxylation is 1. The van der Waals surface area contributed by atoms with Crippen LogP contribution in [-0.2, 0) is 6.42 Å². The van der Waals surface area contributed by atoms with E-state index in [1.54, 1.807) is 6.20 Å². The molecule has 0 amide bonds. The Morgan fingerprint density at radius 2 is 2.50 bits per heavy atom. The quantitative estimate of drug-likeness (QED) is 0.685. The number of rotatable bonds is 1. The molecule has 0 N–H and O–H groups in total. The number of fused-ring (bicyclic) bond motifs is 3. The Labute approximate surface area is 82.8 Å². The van der Waals surface area contributed by atoms with Gasteiger partial charge in [0, 0.05) is 24.0 Å². The molecule has 1 unspecified atom stereocenters. The molecule has 1 aliphatic carbocycles. The Hall–Kier alpha value is -1.38. The van der Waals surface area contributed by atoms with E-state index in [2.05, 4.69) is 27.5 Å². The van der Waals surface area contributed by atoms with Gasteiger partial charge in [-0.15, -0.1) is 0 Å². The zero-order valence-electron chi connectivity index (χ0n) is 8.27. The van der Waals surface area contributed by atoms with E-state index in [1.165, 1.54) is 24.2 Å². The van der Waals surface area contributed by atoms with Gasteiger partial charge in [0.25, 0.3) is 0 Å². The van der Waals surface area contributed by atoms with Crippen molar-refractivity contribution in [3.63, 3.8) is 0 Å². The molecule has 0 spiro atoms. The minimum absolute atomic E-state index is 0.659. The van der Waals surface area contributed by atoms with Gasteiger partial charge in [0.15, 0.2) is 0 Å². The van der Waals surface area contributed by atoms with Crippen molar-refractivity contribution in [3.8, 4) is 0 Å². The smallest absolute Gasteiger partial charge is 0.234 e. The van der Waals surface area contributed by atoms with Crippen molar-refractivity contribution >= 4 is 5.78 Å². The van der Waals surface area contributed by atoms with Gasteiger partial charge in [0.1, 0.15) is 0 Å². The van der Waals surface area contributed by atoms with Gasteiger partial charge in [0.05, 0.1) is 5.69 Å². The van der Waals surface area contributed by atoms with E-state index in [9.17, 15) is 0 Å². The second kappa shape index (κ2) is 2.80. The summed E-state index contributed by atoms with van der Waals surface area (Å²) >= 11 is 0. The third-order valence-electron chi connectivity index (χ3n) is 3.14. The summed E-state index contributed by atoms with van der Waals surface area (Å²) < 4.78 is 2.13. The van der Waals surface area contributed by atoms with E-state index in [0.29, 0.717) is 5.92 Å². The lowest BCUT2D eigenvalue weighted by Gasteiger charge is -2.01. The third-order valence-corrected chi connectivity index (χ3v) is 3.14. The number of hydrogen-bond acceptors (Lipinski definition) is 2. The number of hydrogen-bond donors (Lipinski definition) is 0. The minimum Gasteiger partial charge on any atom is -0.288 e. The second-order valence-corrected chi connectivity index (χ2v) is 3.88. The molecule has 0 fully saturated rings. The highest BCUT2D eigenvalue weighted by Gasteiger charge is 2.26. The van der Waals surface area contributed by atoms with Gasteiger partial charge in [-0.1, -0.05) is 6.92 Å². The molecule has 72 valence electrons. The molecule has 0 bridgehead atoms. The highest BCUT2D eigenvalue weighted by atomic mass is 15.1. The normalized spacial score (nSPS) is 20.2. The summed E-state index contributed by atoms with van der Waals surface area (Å²) in [5.41, 5.74) is 2.66. The van der Waals surface area contributed by atoms with Crippen molar-refractivity contribution in [1.29, 1.82) is 0 Å². The van der Waals surface area contributed by atoms with Crippen LogP contribution in [0.4, 0.5) is 0 Å². The van der Waals surface area contributed by atoms with Gasteiger partial charge in [-0.2, -0.15) is 0 Å². The third kappa shape index (κ3) is 0.924. The Kier molecular flexibility index (Phi) is 1.60. The molecule has 1 atom stereocenters. The summed E-state index contributed by atoms with van der Waals surface area (Å²) in [6.45, 7) is 2.23. The Bertz CT molecular complexity index is 472. The van der Waals surface area contributed by atoms with Crippen LogP contribution in [-0.4, -0.2) is 14.4 Å². The van der Waals surface area contributed by atoms with Crippen molar-refractivity contribution in [1.82, 2.24) is 14.4 Å². The first-order chi connectivity index (χ1) is 6.90. The zero-order chi connectivity index (χ0) is 9.54. The lowest BCUT2D eigenvalue weighted by molar-refractivity contribution is 0.641. The van der Waals surface area contributed by atoms with Gasteiger partial charge in [0.2, 0.25) is 5.78 Å². The summed E-state index contributed by atoms with van der Waals surface area (Å²) in [6.07, 6.45) is 7.47. The molecule has 0 saturated heterocycles. The molecule has 3 heteroatoms. The highest BCUT2D eigenvalue weighted by Crippen LogP contribution is 2.34. The zero-order valence-corrected chi connectivity index (χ0v) is 8.27. The fourth-order valence-corrected chi connectivity index (χ4v) is 2.37. The van der Waals surface area contributed by atoms with Crippen LogP contribution < -0.4 is 0 Å². The van der Waals surface area contributed by atoms with E-state index in [-0.39, 0.29) is 0 Å². The summed E-state index contributed by atoms with van der Waals surface area (Å²) in [7, 11) is 0. The van der Waals surface area contributed by atoms with E-state index in [1.807, 2.05) is 6.07 Å². The fraction of sp³-hybridized carbons (Fsp3) is 0.455. The van der Waals surface area contributed by atoms with Crippen LogP contribution in [0.2, 0.25) is 0 Å². The van der Waals surface area contributed by atoms with E-state index >= 15 is 0 Å². The number of imidazole rings is 1. The maximum absolute atomic E-state index is 4.60. The van der Waals surface area contributed by atoms with Crippen LogP contribution in [0, 0.1) is 0 Å². The van der Waals surface area contributed by atoms with Gasteiger partial charge >= 0.3 is 0 Å². The maximum atomic E-state index is 4.60. The van der Waals surface area contributed by atoms with E-state index in [4.69, 9.17) is 0 Å². The van der Waals surface area contributed by atoms with E-state index < -0.39 is 0 Å².